The summed E-state index contributed by atoms with van der Waals surface area (Å²) in [5.41, 5.74) is 2.58. The number of hydrogen-bond donors (Lipinski definition) is 1. The molecule has 3 nitrogen and oxygen atoms in total. The van der Waals surface area contributed by atoms with Gasteiger partial charge in [0.25, 0.3) is 0 Å². The van der Waals surface area contributed by atoms with Crippen molar-refractivity contribution in [2.24, 2.45) is 0 Å². The first-order valence-corrected chi connectivity index (χ1v) is 9.27. The minimum Gasteiger partial charge on any atom is -0.390 e. The molecule has 0 atom stereocenters. The second-order valence-electron chi connectivity index (χ2n) is 5.46. The lowest BCUT2D eigenvalue weighted by Gasteiger charge is -2.08. The van der Waals surface area contributed by atoms with Gasteiger partial charge in [-0.05, 0) is 35.4 Å². The maximum Gasteiger partial charge on any atom is 0.168 e. The molecule has 25 heavy (non-hydrogen) atoms. The lowest BCUT2D eigenvalue weighted by molar-refractivity contribution is 0.277. The number of aliphatic hydroxyl groups excluding tert-OH is 1. The number of rotatable bonds is 6. The summed E-state index contributed by atoms with van der Waals surface area (Å²) in [5.74, 6) is 0.405. The number of benzene rings is 2. The smallest absolute Gasteiger partial charge is 0.168 e. The molecule has 0 radical (unpaired) electrons. The zero-order chi connectivity index (χ0) is 17.8. The molecule has 130 valence electrons. The standard InChI is InChI=1S/C18H15Cl2FN2OS/c19-16-6-3-13(7-17(16)20)11-25-18-22-15(10-24)9-23(18)8-12-1-4-14(21)5-2-12/h1-7,9,24H,8,10-11H2. The maximum absolute atomic E-state index is 13.1. The highest BCUT2D eigenvalue weighted by Crippen LogP contribution is 2.28. The molecule has 0 aliphatic carbocycles. The topological polar surface area (TPSA) is 38.0 Å². The normalized spacial score (nSPS) is 11.0. The second kappa shape index (κ2) is 8.23. The van der Waals surface area contributed by atoms with Crippen LogP contribution in [-0.4, -0.2) is 14.7 Å². The molecule has 0 bridgehead atoms. The van der Waals surface area contributed by atoms with Gasteiger partial charge in [0, 0.05) is 18.5 Å². The third-order valence-electron chi connectivity index (χ3n) is 3.57. The highest BCUT2D eigenvalue weighted by atomic mass is 35.5. The van der Waals surface area contributed by atoms with Gasteiger partial charge in [0.1, 0.15) is 5.82 Å². The first-order valence-electron chi connectivity index (χ1n) is 7.53. The highest BCUT2D eigenvalue weighted by molar-refractivity contribution is 7.98. The zero-order valence-electron chi connectivity index (χ0n) is 13.1. The molecule has 0 unspecified atom stereocenters. The molecule has 3 aromatic rings. The number of imidazole rings is 1. The first-order chi connectivity index (χ1) is 12.0. The molecule has 0 spiro atoms. The summed E-state index contributed by atoms with van der Waals surface area (Å²) >= 11 is 13.5. The lowest BCUT2D eigenvalue weighted by atomic mass is 10.2. The van der Waals surface area contributed by atoms with Crippen LogP contribution in [0.1, 0.15) is 16.8 Å². The van der Waals surface area contributed by atoms with Crippen molar-refractivity contribution < 1.29 is 9.50 Å². The van der Waals surface area contributed by atoms with Crippen molar-refractivity contribution in [1.82, 2.24) is 9.55 Å². The van der Waals surface area contributed by atoms with Gasteiger partial charge >= 0.3 is 0 Å². The fraction of sp³-hybridized carbons (Fsp3) is 0.167. The van der Waals surface area contributed by atoms with Crippen LogP contribution in [0.3, 0.4) is 0 Å². The predicted molar refractivity (Wildman–Crippen MR) is 99.7 cm³/mol. The summed E-state index contributed by atoms with van der Waals surface area (Å²) in [6.07, 6.45) is 1.81. The summed E-state index contributed by atoms with van der Waals surface area (Å²) in [6, 6.07) is 11.9. The van der Waals surface area contributed by atoms with Crippen LogP contribution in [0.15, 0.2) is 53.8 Å². The van der Waals surface area contributed by atoms with Crippen LogP contribution in [0, 0.1) is 5.82 Å². The largest absolute Gasteiger partial charge is 0.390 e. The molecule has 1 aromatic heterocycles. The van der Waals surface area contributed by atoms with Crippen molar-refractivity contribution in [2.75, 3.05) is 0 Å². The Hall–Kier alpha value is -1.53. The monoisotopic (exact) mass is 396 g/mol. The average molecular weight is 397 g/mol. The van der Waals surface area contributed by atoms with Crippen LogP contribution in [-0.2, 0) is 18.9 Å². The van der Waals surface area contributed by atoms with E-state index in [1.54, 1.807) is 24.4 Å². The van der Waals surface area contributed by atoms with Gasteiger partial charge in [-0.25, -0.2) is 9.37 Å². The number of halogens is 3. The van der Waals surface area contributed by atoms with Gasteiger partial charge in [0.2, 0.25) is 0 Å². The van der Waals surface area contributed by atoms with Crippen molar-refractivity contribution in [3.05, 3.63) is 81.3 Å². The van der Waals surface area contributed by atoms with E-state index < -0.39 is 0 Å². The molecule has 0 aliphatic rings. The Bertz CT molecular complexity index is 868. The predicted octanol–water partition coefficient (Wildman–Crippen LogP) is 5.16. The SMILES string of the molecule is OCc1cn(Cc2ccc(F)cc2)c(SCc2ccc(Cl)c(Cl)c2)n1. The summed E-state index contributed by atoms with van der Waals surface area (Å²) in [6.45, 7) is 0.424. The van der Waals surface area contributed by atoms with Crippen molar-refractivity contribution in [1.29, 1.82) is 0 Å². The van der Waals surface area contributed by atoms with Crippen molar-refractivity contribution in [3.8, 4) is 0 Å². The van der Waals surface area contributed by atoms with E-state index in [9.17, 15) is 9.50 Å². The Balaban J connectivity index is 1.76. The molecule has 2 aromatic carbocycles. The molecule has 0 aliphatic heterocycles. The second-order valence-corrected chi connectivity index (χ2v) is 7.22. The van der Waals surface area contributed by atoms with Crippen LogP contribution in [0.2, 0.25) is 10.0 Å². The van der Waals surface area contributed by atoms with E-state index >= 15 is 0 Å². The van der Waals surface area contributed by atoms with Crippen LogP contribution in [0.4, 0.5) is 4.39 Å². The fourth-order valence-electron chi connectivity index (χ4n) is 2.32. The van der Waals surface area contributed by atoms with Gasteiger partial charge in [-0.15, -0.1) is 0 Å². The van der Waals surface area contributed by atoms with Gasteiger partial charge in [-0.2, -0.15) is 0 Å². The minimum absolute atomic E-state index is 0.128. The Morgan fingerprint density at radius 2 is 1.76 bits per heavy atom. The fourth-order valence-corrected chi connectivity index (χ4v) is 3.58. The van der Waals surface area contributed by atoms with Crippen molar-refractivity contribution >= 4 is 35.0 Å². The molecule has 0 amide bonds. The molecular weight excluding hydrogens is 382 g/mol. The molecule has 7 heteroatoms. The van der Waals surface area contributed by atoms with Crippen LogP contribution in [0.5, 0.6) is 0 Å². The van der Waals surface area contributed by atoms with E-state index in [0.29, 0.717) is 28.0 Å². The van der Waals surface area contributed by atoms with Gasteiger partial charge in [0.15, 0.2) is 5.16 Å². The molecule has 1 heterocycles. The molecule has 3 rings (SSSR count). The van der Waals surface area contributed by atoms with Crippen molar-refractivity contribution in [2.45, 2.75) is 24.1 Å². The molecule has 0 fully saturated rings. The van der Waals surface area contributed by atoms with Gasteiger partial charge in [-0.1, -0.05) is 53.2 Å². The van der Waals surface area contributed by atoms with Gasteiger partial charge in [-0.3, -0.25) is 0 Å². The molecule has 0 saturated carbocycles. The first kappa shape index (κ1) is 18.3. The van der Waals surface area contributed by atoms with Crippen LogP contribution < -0.4 is 0 Å². The number of nitrogens with zero attached hydrogens (tertiary/aromatic N) is 2. The summed E-state index contributed by atoms with van der Waals surface area (Å²) in [4.78, 5) is 4.44. The third kappa shape index (κ3) is 4.76. The maximum atomic E-state index is 13.1. The average Bonchev–Trinajstić information content (AvgIpc) is 3.00. The molecule has 1 N–H and O–H groups in total. The summed E-state index contributed by atoms with van der Waals surface area (Å²) < 4.78 is 15.0. The Morgan fingerprint density at radius 3 is 2.44 bits per heavy atom. The number of thioether (sulfide) groups is 1. The van der Waals surface area contributed by atoms with Crippen molar-refractivity contribution in [3.63, 3.8) is 0 Å². The molecular formula is C18H15Cl2FN2OS. The number of aromatic nitrogens is 2. The van der Waals surface area contributed by atoms with Crippen LogP contribution in [0.25, 0.3) is 0 Å². The Morgan fingerprint density at radius 1 is 1.04 bits per heavy atom. The lowest BCUT2D eigenvalue weighted by Crippen LogP contribution is -2.00. The Labute approximate surface area is 159 Å². The summed E-state index contributed by atoms with van der Waals surface area (Å²) in [7, 11) is 0. The van der Waals surface area contributed by atoms with Crippen LogP contribution >= 0.6 is 35.0 Å². The number of hydrogen-bond acceptors (Lipinski definition) is 3. The van der Waals surface area contributed by atoms with E-state index in [4.69, 9.17) is 23.2 Å². The minimum atomic E-state index is -0.264. The van der Waals surface area contributed by atoms with Gasteiger partial charge < -0.3 is 9.67 Å². The summed E-state index contributed by atoms with van der Waals surface area (Å²) in [5, 5.41) is 11.2. The number of aliphatic hydroxyl groups is 1. The zero-order valence-corrected chi connectivity index (χ0v) is 15.5. The molecule has 0 saturated heterocycles. The Kier molecular flexibility index (Phi) is 6.02. The van der Waals surface area contributed by atoms with E-state index in [2.05, 4.69) is 4.98 Å². The van der Waals surface area contributed by atoms with Gasteiger partial charge in [0.05, 0.1) is 22.3 Å². The van der Waals surface area contributed by atoms with E-state index in [0.717, 1.165) is 16.3 Å². The van der Waals surface area contributed by atoms with E-state index in [1.807, 2.05) is 16.7 Å². The third-order valence-corrected chi connectivity index (χ3v) is 5.37. The van der Waals surface area contributed by atoms with E-state index in [1.165, 1.54) is 23.9 Å². The highest BCUT2D eigenvalue weighted by Gasteiger charge is 2.10. The quantitative estimate of drug-likeness (QED) is 0.584. The van der Waals surface area contributed by atoms with E-state index in [-0.39, 0.29) is 12.4 Å².